The van der Waals surface area contributed by atoms with Gasteiger partial charge < -0.3 is 49.6 Å². The normalized spacial score (nSPS) is 0. The molecule has 0 saturated heterocycles. The largest absolute Gasteiger partial charge is 4.00 e. The minimum absolute atomic E-state index is 0. The second-order valence-corrected chi connectivity index (χ2v) is 0. The van der Waals surface area contributed by atoms with Crippen LogP contribution in [-0.2, 0) is 52.0 Å². The van der Waals surface area contributed by atoms with E-state index >= 15 is 0 Å². The third-order valence-corrected chi connectivity index (χ3v) is 0. The first-order chi connectivity index (χ1) is 0. The van der Waals surface area contributed by atoms with Crippen LogP contribution in [-0.4, -0.2) is 0 Å². The summed E-state index contributed by atoms with van der Waals surface area (Å²) in [5.41, 5.74) is 0. The Hall–Kier alpha value is 2.91. The second kappa shape index (κ2) is 44.6. The van der Waals surface area contributed by atoms with Crippen molar-refractivity contribution in [1.82, 2.24) is 0 Å². The van der Waals surface area contributed by atoms with Gasteiger partial charge in [0.05, 0.1) is 0 Å². The van der Waals surface area contributed by atoms with Crippen LogP contribution >= 0.6 is 0 Å². The van der Waals surface area contributed by atoms with Gasteiger partial charge in [0.15, 0.2) is 0 Å². The first-order valence-corrected chi connectivity index (χ1v) is 0. The van der Waals surface area contributed by atoms with Crippen LogP contribution in [0.4, 0.5) is 0 Å². The van der Waals surface area contributed by atoms with Crippen LogP contribution in [0, 0.1) is 0 Å². The Morgan fingerprint density at radius 1 is 0.500 bits per heavy atom. The molecule has 0 N–H and O–H groups in total. The van der Waals surface area contributed by atoms with Crippen molar-refractivity contribution in [3.8, 4) is 0 Å². The molecule has 0 heterocycles. The van der Waals surface area contributed by atoms with E-state index in [-0.39, 0.29) is 102 Å². The summed E-state index contributed by atoms with van der Waals surface area (Å²) < 4.78 is 0. The van der Waals surface area contributed by atoms with E-state index < -0.39 is 0 Å². The third kappa shape index (κ3) is 28.5. The van der Waals surface area contributed by atoms with E-state index in [9.17, 15) is 0 Å². The molecule has 0 rings (SSSR count). The Kier molecular flexibility index (Phi) is 488. The standard InChI is InChI=1S/4ClH.Hf.Zr/h4*1H;;/q;;;;;+4/p-4. The van der Waals surface area contributed by atoms with Gasteiger partial charge in [0.1, 0.15) is 0 Å². The molecule has 0 bridgehead atoms. The Bertz CT molecular complexity index is 7.51. The molecule has 36 valence electrons. The van der Waals surface area contributed by atoms with E-state index in [4.69, 9.17) is 0 Å². The zero-order valence-corrected chi connectivity index (χ0v) is 11.6. The molecule has 6 heavy (non-hydrogen) atoms. The molecule has 0 spiro atoms. The SMILES string of the molecule is [Cl-].[Cl-].[Cl-].[Cl-].[Hf].[Zr+4]. The van der Waals surface area contributed by atoms with Gasteiger partial charge in [-0.3, -0.25) is 0 Å². The fraction of sp³-hybridized carbons (Fsp3) is 0. The van der Waals surface area contributed by atoms with Gasteiger partial charge in [-0.25, -0.2) is 0 Å². The van der Waals surface area contributed by atoms with Crippen LogP contribution in [0.1, 0.15) is 0 Å². The zero-order chi connectivity index (χ0) is 0. The minimum Gasteiger partial charge on any atom is -1.00 e. The molecular weight excluding hydrogens is 412 g/mol. The molecule has 0 fully saturated rings. The van der Waals surface area contributed by atoms with E-state index in [0.29, 0.717) is 0 Å². The molecule has 0 aliphatic heterocycles. The minimum atomic E-state index is 0. The molecule has 6 heteroatoms. The van der Waals surface area contributed by atoms with Gasteiger partial charge in [-0.15, -0.1) is 0 Å². The van der Waals surface area contributed by atoms with Crippen LogP contribution in [0.5, 0.6) is 0 Å². The summed E-state index contributed by atoms with van der Waals surface area (Å²) in [5, 5.41) is 0. The van der Waals surface area contributed by atoms with E-state index in [2.05, 4.69) is 0 Å². The van der Waals surface area contributed by atoms with E-state index in [1.54, 1.807) is 0 Å². The summed E-state index contributed by atoms with van der Waals surface area (Å²) in [6, 6.07) is 0. The number of hydrogen-bond acceptors (Lipinski definition) is 0. The quantitative estimate of drug-likeness (QED) is 0.348. The van der Waals surface area contributed by atoms with E-state index in [1.807, 2.05) is 0 Å². The summed E-state index contributed by atoms with van der Waals surface area (Å²) in [5.74, 6) is 0. The Balaban J connectivity index is 0. The van der Waals surface area contributed by atoms with Gasteiger partial charge in [0.2, 0.25) is 0 Å². The molecule has 0 aromatic heterocycles. The zero-order valence-electron chi connectivity index (χ0n) is 2.51. The maximum absolute atomic E-state index is 0. The predicted octanol–water partition coefficient (Wildman–Crippen LogP) is -12.0. The number of hydrogen-bond donors (Lipinski definition) is 0. The van der Waals surface area contributed by atoms with Crippen molar-refractivity contribution in [1.29, 1.82) is 0 Å². The van der Waals surface area contributed by atoms with Crippen molar-refractivity contribution in [3.05, 3.63) is 0 Å². The van der Waals surface area contributed by atoms with Gasteiger partial charge in [-0.2, -0.15) is 0 Å². The van der Waals surface area contributed by atoms with Gasteiger partial charge >= 0.3 is 26.2 Å². The predicted molar refractivity (Wildman–Crippen MR) is 0 cm³/mol. The maximum Gasteiger partial charge on any atom is 4.00 e. The molecule has 0 radical (unpaired) electrons. The van der Waals surface area contributed by atoms with Crippen molar-refractivity contribution in [2.24, 2.45) is 0 Å². The molecule has 0 aliphatic carbocycles. The smallest absolute Gasteiger partial charge is 1.00 e. The van der Waals surface area contributed by atoms with E-state index in [0.717, 1.165) is 0 Å². The summed E-state index contributed by atoms with van der Waals surface area (Å²) in [7, 11) is 0. The van der Waals surface area contributed by atoms with Crippen molar-refractivity contribution in [2.75, 3.05) is 0 Å². The molecule has 0 unspecified atom stereocenters. The molecular formula is Cl4HfZr. The molecule has 0 aliphatic rings. The maximum atomic E-state index is 0. The van der Waals surface area contributed by atoms with Crippen LogP contribution < -0.4 is 49.6 Å². The Morgan fingerprint density at radius 2 is 0.500 bits per heavy atom. The molecule has 0 aromatic rings. The van der Waals surface area contributed by atoms with Crippen molar-refractivity contribution in [3.63, 3.8) is 0 Å². The number of rotatable bonds is 0. The van der Waals surface area contributed by atoms with Crippen LogP contribution in [0.3, 0.4) is 0 Å². The first-order valence-electron chi connectivity index (χ1n) is 0. The molecule has 0 nitrogen and oxygen atoms in total. The monoisotopic (exact) mass is 410 g/mol. The van der Waals surface area contributed by atoms with Gasteiger partial charge in [-0.05, 0) is 0 Å². The first kappa shape index (κ1) is 65.8. The molecule has 0 saturated carbocycles. The third-order valence-electron chi connectivity index (χ3n) is 0. The summed E-state index contributed by atoms with van der Waals surface area (Å²) in [6.07, 6.45) is 0. The average molecular weight is 412 g/mol. The Morgan fingerprint density at radius 3 is 0.500 bits per heavy atom. The summed E-state index contributed by atoms with van der Waals surface area (Å²) >= 11 is 0. The average Bonchev–Trinajstić information content (AvgIpc) is 0. The fourth-order valence-corrected chi connectivity index (χ4v) is 0. The van der Waals surface area contributed by atoms with Crippen molar-refractivity contribution < 1.29 is 102 Å². The van der Waals surface area contributed by atoms with Crippen molar-refractivity contribution >= 4 is 0 Å². The van der Waals surface area contributed by atoms with Gasteiger partial charge in [-0.1, -0.05) is 0 Å². The number of halogens is 4. The second-order valence-electron chi connectivity index (χ2n) is 0. The van der Waals surface area contributed by atoms with Gasteiger partial charge in [0, 0.05) is 25.8 Å². The van der Waals surface area contributed by atoms with Crippen LogP contribution in [0.25, 0.3) is 0 Å². The molecule has 0 aromatic carbocycles. The fourth-order valence-electron chi connectivity index (χ4n) is 0. The van der Waals surface area contributed by atoms with E-state index in [1.165, 1.54) is 0 Å². The molecule has 0 atom stereocenters. The molecule has 0 amide bonds. The van der Waals surface area contributed by atoms with Crippen LogP contribution in [0.15, 0.2) is 0 Å². The van der Waals surface area contributed by atoms with Crippen molar-refractivity contribution in [2.45, 2.75) is 0 Å². The summed E-state index contributed by atoms with van der Waals surface area (Å²) in [6.45, 7) is 0. The summed E-state index contributed by atoms with van der Waals surface area (Å²) in [4.78, 5) is 0. The van der Waals surface area contributed by atoms with Gasteiger partial charge in [0.25, 0.3) is 0 Å². The Labute approximate surface area is 100 Å². The van der Waals surface area contributed by atoms with Crippen LogP contribution in [0.2, 0.25) is 0 Å². The topological polar surface area (TPSA) is 0 Å².